The lowest BCUT2D eigenvalue weighted by molar-refractivity contribution is 0.0691. The van der Waals surface area contributed by atoms with Crippen LogP contribution in [0, 0.1) is 6.92 Å². The molecule has 0 spiro atoms. The van der Waals surface area contributed by atoms with Crippen molar-refractivity contribution in [2.75, 3.05) is 0 Å². The number of carbonyl (C=O) groups is 1. The average molecular weight is 256 g/mol. The van der Waals surface area contributed by atoms with Gasteiger partial charge in [0.2, 0.25) is 0 Å². The fourth-order valence-corrected chi connectivity index (χ4v) is 2.09. The SMILES string of the molecule is Cc1ccc(Cl)c2c(Cl)cc(C(=O)O)nc12. The van der Waals surface area contributed by atoms with Crippen LogP contribution >= 0.6 is 23.2 Å². The Morgan fingerprint density at radius 1 is 1.31 bits per heavy atom. The lowest BCUT2D eigenvalue weighted by Crippen LogP contribution is -2.01. The van der Waals surface area contributed by atoms with Gasteiger partial charge in [0.05, 0.1) is 15.6 Å². The average Bonchev–Trinajstić information content (AvgIpc) is 2.22. The van der Waals surface area contributed by atoms with Crippen molar-refractivity contribution >= 4 is 40.1 Å². The molecule has 0 aliphatic carbocycles. The number of hydrogen-bond acceptors (Lipinski definition) is 2. The molecule has 82 valence electrons. The van der Waals surface area contributed by atoms with Crippen molar-refractivity contribution in [3.63, 3.8) is 0 Å². The molecule has 0 bridgehead atoms. The van der Waals surface area contributed by atoms with Crippen LogP contribution in [0.2, 0.25) is 10.0 Å². The number of rotatable bonds is 1. The van der Waals surface area contributed by atoms with Crippen LogP contribution in [0.15, 0.2) is 18.2 Å². The highest BCUT2D eigenvalue weighted by molar-refractivity contribution is 6.42. The third-order valence-corrected chi connectivity index (χ3v) is 2.90. The van der Waals surface area contributed by atoms with E-state index >= 15 is 0 Å². The van der Waals surface area contributed by atoms with E-state index < -0.39 is 5.97 Å². The summed E-state index contributed by atoms with van der Waals surface area (Å²) in [4.78, 5) is 14.9. The zero-order valence-electron chi connectivity index (χ0n) is 8.29. The van der Waals surface area contributed by atoms with Gasteiger partial charge in [-0.1, -0.05) is 29.3 Å². The zero-order valence-corrected chi connectivity index (χ0v) is 9.80. The molecule has 0 amide bonds. The number of carboxylic acids is 1. The minimum absolute atomic E-state index is 0.0807. The monoisotopic (exact) mass is 255 g/mol. The number of benzene rings is 1. The Morgan fingerprint density at radius 2 is 2.00 bits per heavy atom. The van der Waals surface area contributed by atoms with Crippen molar-refractivity contribution in [2.24, 2.45) is 0 Å². The summed E-state index contributed by atoms with van der Waals surface area (Å²) in [6, 6.07) is 4.80. The number of hydrogen-bond donors (Lipinski definition) is 1. The van der Waals surface area contributed by atoms with Gasteiger partial charge in [0.15, 0.2) is 0 Å². The number of nitrogens with zero attached hydrogens (tertiary/aromatic N) is 1. The first kappa shape index (κ1) is 11.2. The smallest absolute Gasteiger partial charge is 0.354 e. The zero-order chi connectivity index (χ0) is 11.9. The predicted octanol–water partition coefficient (Wildman–Crippen LogP) is 3.55. The first-order valence-electron chi connectivity index (χ1n) is 4.49. The second kappa shape index (κ2) is 3.92. The van der Waals surface area contributed by atoms with E-state index in [9.17, 15) is 4.79 Å². The topological polar surface area (TPSA) is 50.2 Å². The van der Waals surface area contributed by atoms with Crippen LogP contribution in [-0.4, -0.2) is 16.1 Å². The minimum Gasteiger partial charge on any atom is -0.477 e. The van der Waals surface area contributed by atoms with Crippen LogP contribution in [0.3, 0.4) is 0 Å². The maximum absolute atomic E-state index is 10.8. The Balaban J connectivity index is 2.92. The summed E-state index contributed by atoms with van der Waals surface area (Å²) in [5.41, 5.74) is 1.28. The van der Waals surface area contributed by atoms with E-state index in [4.69, 9.17) is 28.3 Å². The van der Waals surface area contributed by atoms with Gasteiger partial charge in [-0.2, -0.15) is 0 Å². The van der Waals surface area contributed by atoms with Crippen LogP contribution in [0.25, 0.3) is 10.9 Å². The van der Waals surface area contributed by atoms with Gasteiger partial charge in [0, 0.05) is 5.39 Å². The fourth-order valence-electron chi connectivity index (χ4n) is 1.50. The normalized spacial score (nSPS) is 10.7. The molecular formula is C11H7Cl2NO2. The summed E-state index contributed by atoms with van der Waals surface area (Å²) in [6.07, 6.45) is 0. The Labute approximate surface area is 102 Å². The molecular weight excluding hydrogens is 249 g/mol. The van der Waals surface area contributed by atoms with Crippen molar-refractivity contribution in [1.82, 2.24) is 4.98 Å². The number of fused-ring (bicyclic) bond motifs is 1. The quantitative estimate of drug-likeness (QED) is 0.848. The maximum atomic E-state index is 10.8. The molecule has 0 saturated carbocycles. The van der Waals surface area contributed by atoms with Gasteiger partial charge in [-0.25, -0.2) is 9.78 Å². The maximum Gasteiger partial charge on any atom is 0.354 e. The standard InChI is InChI=1S/C11H7Cl2NO2/c1-5-2-3-6(12)9-7(13)4-8(11(15)16)14-10(5)9/h2-4H,1H3,(H,15,16). The molecule has 0 fully saturated rings. The lowest BCUT2D eigenvalue weighted by atomic mass is 10.1. The van der Waals surface area contributed by atoms with E-state index in [-0.39, 0.29) is 5.69 Å². The van der Waals surface area contributed by atoms with E-state index in [1.165, 1.54) is 6.07 Å². The van der Waals surface area contributed by atoms with Crippen molar-refractivity contribution in [3.8, 4) is 0 Å². The predicted molar refractivity (Wildman–Crippen MR) is 63.5 cm³/mol. The summed E-state index contributed by atoms with van der Waals surface area (Å²) in [5, 5.41) is 10.2. The molecule has 2 rings (SSSR count). The van der Waals surface area contributed by atoms with Crippen LogP contribution < -0.4 is 0 Å². The molecule has 0 unspecified atom stereocenters. The van der Waals surface area contributed by atoms with Gasteiger partial charge in [0.1, 0.15) is 5.69 Å². The molecule has 1 N–H and O–H groups in total. The summed E-state index contributed by atoms with van der Waals surface area (Å²) in [6.45, 7) is 1.83. The molecule has 0 radical (unpaired) electrons. The summed E-state index contributed by atoms with van der Waals surface area (Å²) < 4.78 is 0. The number of aromatic carboxylic acids is 1. The van der Waals surface area contributed by atoms with Gasteiger partial charge in [-0.05, 0) is 24.6 Å². The number of halogens is 2. The number of pyridine rings is 1. The van der Waals surface area contributed by atoms with Crippen molar-refractivity contribution in [1.29, 1.82) is 0 Å². The second-order valence-electron chi connectivity index (χ2n) is 3.38. The number of carboxylic acid groups (broad SMARTS) is 1. The number of aromatic nitrogens is 1. The molecule has 5 heteroatoms. The third kappa shape index (κ3) is 1.72. The van der Waals surface area contributed by atoms with Crippen molar-refractivity contribution in [2.45, 2.75) is 6.92 Å². The fraction of sp³-hybridized carbons (Fsp3) is 0.0909. The van der Waals surface area contributed by atoms with Gasteiger partial charge in [0.25, 0.3) is 0 Å². The Morgan fingerprint density at radius 3 is 2.62 bits per heavy atom. The molecule has 0 saturated heterocycles. The molecule has 16 heavy (non-hydrogen) atoms. The molecule has 0 aliphatic rings. The van der Waals surface area contributed by atoms with E-state index in [1.807, 2.05) is 6.92 Å². The van der Waals surface area contributed by atoms with E-state index in [0.29, 0.717) is 20.9 Å². The molecule has 1 aromatic carbocycles. The summed E-state index contributed by atoms with van der Waals surface area (Å²) >= 11 is 12.0. The van der Waals surface area contributed by atoms with Gasteiger partial charge < -0.3 is 5.11 Å². The van der Waals surface area contributed by atoms with E-state index in [2.05, 4.69) is 4.98 Å². The summed E-state index contributed by atoms with van der Waals surface area (Å²) in [5.74, 6) is -1.11. The van der Waals surface area contributed by atoms with Gasteiger partial charge in [-0.15, -0.1) is 0 Å². The van der Waals surface area contributed by atoms with Crippen LogP contribution in [0.4, 0.5) is 0 Å². The Kier molecular flexibility index (Phi) is 2.74. The van der Waals surface area contributed by atoms with Crippen molar-refractivity contribution < 1.29 is 9.90 Å². The second-order valence-corrected chi connectivity index (χ2v) is 4.20. The van der Waals surface area contributed by atoms with E-state index in [0.717, 1.165) is 5.56 Å². The highest BCUT2D eigenvalue weighted by Gasteiger charge is 2.13. The molecule has 0 aliphatic heterocycles. The minimum atomic E-state index is -1.11. The third-order valence-electron chi connectivity index (χ3n) is 2.28. The highest BCUT2D eigenvalue weighted by Crippen LogP contribution is 2.31. The molecule has 1 heterocycles. The van der Waals surface area contributed by atoms with Crippen LogP contribution in [0.1, 0.15) is 16.1 Å². The largest absolute Gasteiger partial charge is 0.477 e. The van der Waals surface area contributed by atoms with E-state index in [1.54, 1.807) is 12.1 Å². The molecule has 2 aromatic rings. The first-order valence-corrected chi connectivity index (χ1v) is 5.25. The van der Waals surface area contributed by atoms with Crippen LogP contribution in [0.5, 0.6) is 0 Å². The molecule has 3 nitrogen and oxygen atoms in total. The molecule has 0 atom stereocenters. The molecule has 1 aromatic heterocycles. The van der Waals surface area contributed by atoms with Gasteiger partial charge >= 0.3 is 5.97 Å². The van der Waals surface area contributed by atoms with Gasteiger partial charge in [-0.3, -0.25) is 0 Å². The number of aryl methyl sites for hydroxylation is 1. The first-order chi connectivity index (χ1) is 7.50. The Bertz CT molecular complexity index is 596. The van der Waals surface area contributed by atoms with Crippen LogP contribution in [-0.2, 0) is 0 Å². The lowest BCUT2D eigenvalue weighted by Gasteiger charge is -2.06. The summed E-state index contributed by atoms with van der Waals surface area (Å²) in [7, 11) is 0. The Hall–Kier alpha value is -1.32. The highest BCUT2D eigenvalue weighted by atomic mass is 35.5. The van der Waals surface area contributed by atoms with Crippen molar-refractivity contribution in [3.05, 3.63) is 39.5 Å².